The van der Waals surface area contributed by atoms with Crippen LogP contribution >= 0.6 is 11.6 Å². The van der Waals surface area contributed by atoms with Gasteiger partial charge in [-0.3, -0.25) is 4.79 Å². The van der Waals surface area contributed by atoms with E-state index in [1.807, 2.05) is 46.8 Å². The summed E-state index contributed by atoms with van der Waals surface area (Å²) < 4.78 is 16.8. The normalized spacial score (nSPS) is 12.0. The predicted molar refractivity (Wildman–Crippen MR) is 128 cm³/mol. The number of esters is 1. The van der Waals surface area contributed by atoms with Gasteiger partial charge in [0, 0.05) is 5.02 Å². The fourth-order valence-electron chi connectivity index (χ4n) is 3.07. The van der Waals surface area contributed by atoms with E-state index in [1.54, 1.807) is 38.1 Å². The van der Waals surface area contributed by atoms with E-state index in [0.29, 0.717) is 22.1 Å². The van der Waals surface area contributed by atoms with E-state index >= 15 is 0 Å². The molecular formula is C26H31ClO5. The van der Waals surface area contributed by atoms with Crippen molar-refractivity contribution in [1.29, 1.82) is 0 Å². The molecule has 0 aromatic heterocycles. The van der Waals surface area contributed by atoms with Gasteiger partial charge in [-0.1, -0.05) is 17.7 Å². The van der Waals surface area contributed by atoms with Crippen LogP contribution in [0.4, 0.5) is 0 Å². The molecule has 0 aliphatic heterocycles. The van der Waals surface area contributed by atoms with Crippen LogP contribution in [0.15, 0.2) is 36.4 Å². The van der Waals surface area contributed by atoms with Gasteiger partial charge in [-0.15, -0.1) is 0 Å². The number of hydrogen-bond acceptors (Lipinski definition) is 5. The van der Waals surface area contributed by atoms with Crippen LogP contribution in [-0.2, 0) is 9.53 Å². The second kappa shape index (κ2) is 9.78. The number of carbonyl (C=O) groups is 2. The molecule has 0 radical (unpaired) electrons. The number of methoxy groups -OCH3 is 1. The number of rotatable bonds is 7. The van der Waals surface area contributed by atoms with Crippen molar-refractivity contribution < 1.29 is 23.8 Å². The van der Waals surface area contributed by atoms with E-state index in [2.05, 4.69) is 0 Å². The Morgan fingerprint density at radius 2 is 1.56 bits per heavy atom. The summed E-state index contributed by atoms with van der Waals surface area (Å²) in [4.78, 5) is 25.2. The largest absolute Gasteiger partial charge is 0.496 e. The summed E-state index contributed by atoms with van der Waals surface area (Å²) in [5, 5.41) is 0.499. The van der Waals surface area contributed by atoms with Gasteiger partial charge in [0.2, 0.25) is 0 Å². The molecule has 2 aromatic rings. The molecule has 2 rings (SSSR count). The molecule has 0 N–H and O–H groups in total. The fourth-order valence-corrected chi connectivity index (χ4v) is 3.23. The predicted octanol–water partition coefficient (Wildman–Crippen LogP) is 6.36. The number of ether oxygens (including phenoxy) is 3. The topological polar surface area (TPSA) is 61.8 Å². The summed E-state index contributed by atoms with van der Waals surface area (Å²) in [6, 6.07) is 8.69. The molecular weight excluding hydrogens is 428 g/mol. The molecule has 0 saturated heterocycles. The van der Waals surface area contributed by atoms with Gasteiger partial charge in [0.05, 0.1) is 12.7 Å². The van der Waals surface area contributed by atoms with Gasteiger partial charge in [-0.2, -0.15) is 0 Å². The van der Waals surface area contributed by atoms with E-state index in [9.17, 15) is 9.59 Å². The second-order valence-electron chi connectivity index (χ2n) is 9.14. The molecule has 0 heterocycles. The van der Waals surface area contributed by atoms with Crippen LogP contribution < -0.4 is 9.47 Å². The van der Waals surface area contributed by atoms with Crippen LogP contribution in [0.3, 0.4) is 0 Å². The van der Waals surface area contributed by atoms with Crippen molar-refractivity contribution in [2.24, 2.45) is 0 Å². The summed E-state index contributed by atoms with van der Waals surface area (Å²) in [5.41, 5.74) is 1.21. The Bertz CT molecular complexity index is 1020. The Morgan fingerprint density at radius 3 is 2.09 bits per heavy atom. The van der Waals surface area contributed by atoms with E-state index in [-0.39, 0.29) is 5.78 Å². The smallest absolute Gasteiger partial charge is 0.350 e. The van der Waals surface area contributed by atoms with Crippen LogP contribution in [0.25, 0.3) is 6.08 Å². The molecule has 0 unspecified atom stereocenters. The zero-order valence-corrected chi connectivity index (χ0v) is 20.7. The minimum absolute atomic E-state index is 0.194. The van der Waals surface area contributed by atoms with Crippen molar-refractivity contribution in [2.75, 3.05) is 7.11 Å². The number of hydrogen-bond donors (Lipinski definition) is 0. The lowest BCUT2D eigenvalue weighted by Gasteiger charge is -2.30. The van der Waals surface area contributed by atoms with Crippen molar-refractivity contribution >= 4 is 29.4 Å². The van der Waals surface area contributed by atoms with Crippen LogP contribution in [0.1, 0.15) is 61.7 Å². The molecule has 6 heteroatoms. The molecule has 172 valence electrons. The Hall–Kier alpha value is -2.79. The van der Waals surface area contributed by atoms with Gasteiger partial charge in [0.15, 0.2) is 11.4 Å². The van der Waals surface area contributed by atoms with Crippen LogP contribution in [0.5, 0.6) is 11.5 Å². The third-order valence-electron chi connectivity index (χ3n) is 4.59. The molecule has 5 nitrogen and oxygen atoms in total. The highest BCUT2D eigenvalue weighted by Gasteiger charge is 2.35. The fraction of sp³-hybridized carbons (Fsp3) is 0.385. The van der Waals surface area contributed by atoms with Crippen LogP contribution in [0.2, 0.25) is 5.02 Å². The number of allylic oxidation sites excluding steroid dienone is 1. The van der Waals surface area contributed by atoms with Crippen molar-refractivity contribution in [3.63, 3.8) is 0 Å². The van der Waals surface area contributed by atoms with Crippen molar-refractivity contribution in [3.8, 4) is 11.5 Å². The van der Waals surface area contributed by atoms with E-state index < -0.39 is 17.2 Å². The molecule has 0 aliphatic carbocycles. The highest BCUT2D eigenvalue weighted by atomic mass is 35.5. The van der Waals surface area contributed by atoms with Gasteiger partial charge in [0.1, 0.15) is 17.1 Å². The Balaban J connectivity index is 2.24. The Labute approximate surface area is 195 Å². The first-order valence-corrected chi connectivity index (χ1v) is 10.7. The molecule has 0 amide bonds. The summed E-state index contributed by atoms with van der Waals surface area (Å²) in [6.45, 7) is 12.6. The third kappa shape index (κ3) is 6.60. The number of aryl methyl sites for hydroxylation is 2. The van der Waals surface area contributed by atoms with Crippen molar-refractivity contribution in [1.82, 2.24) is 0 Å². The summed E-state index contributed by atoms with van der Waals surface area (Å²) in [6.07, 6.45) is 3.23. The van der Waals surface area contributed by atoms with Gasteiger partial charge in [-0.05, 0) is 102 Å². The highest BCUT2D eigenvalue weighted by molar-refractivity contribution is 6.31. The number of ketones is 1. The first kappa shape index (κ1) is 25.5. The molecule has 0 atom stereocenters. The molecule has 2 aromatic carbocycles. The van der Waals surface area contributed by atoms with Crippen molar-refractivity contribution in [3.05, 3.63) is 63.7 Å². The standard InChI is InChI=1S/C26H31ClO5/c1-16-13-18(9-12-21(28)20-11-10-19(27)15-22(20)30-8)14-17(2)23(16)31-26(6,7)24(29)32-25(3,4)5/h9-15H,1-8H3. The lowest BCUT2D eigenvalue weighted by atomic mass is 10.0. The number of halogens is 1. The summed E-state index contributed by atoms with van der Waals surface area (Å²) >= 11 is 5.97. The van der Waals surface area contributed by atoms with Gasteiger partial charge in [0.25, 0.3) is 0 Å². The quantitative estimate of drug-likeness (QED) is 0.274. The van der Waals surface area contributed by atoms with Crippen LogP contribution in [0, 0.1) is 13.8 Å². The number of benzene rings is 2. The SMILES string of the molecule is COc1cc(Cl)ccc1C(=O)C=Cc1cc(C)c(OC(C)(C)C(=O)OC(C)(C)C)c(C)c1. The zero-order valence-electron chi connectivity index (χ0n) is 20.0. The van der Waals surface area contributed by atoms with E-state index in [4.69, 9.17) is 25.8 Å². The maximum absolute atomic E-state index is 12.6. The molecule has 0 saturated carbocycles. The monoisotopic (exact) mass is 458 g/mol. The van der Waals surface area contributed by atoms with Crippen molar-refractivity contribution in [2.45, 2.75) is 59.7 Å². The average molecular weight is 459 g/mol. The summed E-state index contributed by atoms with van der Waals surface area (Å²) in [5.74, 6) is 0.409. The second-order valence-corrected chi connectivity index (χ2v) is 9.58. The summed E-state index contributed by atoms with van der Waals surface area (Å²) in [7, 11) is 1.50. The molecule has 0 bridgehead atoms. The molecule has 0 fully saturated rings. The lowest BCUT2D eigenvalue weighted by molar-refractivity contribution is -0.171. The molecule has 32 heavy (non-hydrogen) atoms. The van der Waals surface area contributed by atoms with Gasteiger partial charge < -0.3 is 14.2 Å². The lowest BCUT2D eigenvalue weighted by Crippen LogP contribution is -2.43. The van der Waals surface area contributed by atoms with E-state index in [0.717, 1.165) is 16.7 Å². The first-order chi connectivity index (χ1) is 14.7. The number of carbonyl (C=O) groups excluding carboxylic acids is 2. The van der Waals surface area contributed by atoms with E-state index in [1.165, 1.54) is 13.2 Å². The Morgan fingerprint density at radius 1 is 0.969 bits per heavy atom. The average Bonchev–Trinajstić information content (AvgIpc) is 2.67. The van der Waals surface area contributed by atoms with Gasteiger partial charge >= 0.3 is 5.97 Å². The maximum atomic E-state index is 12.6. The minimum atomic E-state index is -1.15. The Kier molecular flexibility index (Phi) is 7.79. The van der Waals surface area contributed by atoms with Crippen LogP contribution in [-0.4, -0.2) is 30.1 Å². The highest BCUT2D eigenvalue weighted by Crippen LogP contribution is 2.30. The van der Waals surface area contributed by atoms with Gasteiger partial charge in [-0.25, -0.2) is 4.79 Å². The molecule has 0 spiro atoms. The first-order valence-electron chi connectivity index (χ1n) is 10.3. The maximum Gasteiger partial charge on any atom is 0.350 e. The minimum Gasteiger partial charge on any atom is -0.496 e. The molecule has 0 aliphatic rings. The zero-order chi connectivity index (χ0) is 24.3. The third-order valence-corrected chi connectivity index (χ3v) is 4.82.